The Labute approximate surface area is 176 Å². The third-order valence-electron chi connectivity index (χ3n) is 5.25. The molecule has 1 N–H and O–H groups in total. The molecule has 0 bridgehead atoms. The summed E-state index contributed by atoms with van der Waals surface area (Å²) in [6.45, 7) is 0.480. The lowest BCUT2D eigenvalue weighted by Gasteiger charge is -2.13. The maximum absolute atomic E-state index is 12.3. The van der Waals surface area contributed by atoms with Gasteiger partial charge in [-0.15, -0.1) is 0 Å². The topological polar surface area (TPSA) is 51.2 Å². The zero-order chi connectivity index (χ0) is 20.8. The monoisotopic (exact) mass is 396 g/mol. The molecule has 0 saturated heterocycles. The molecule has 4 aromatic rings. The van der Waals surface area contributed by atoms with Gasteiger partial charge in [0.05, 0.1) is 7.11 Å². The number of fused-ring (bicyclic) bond motifs is 1. The van der Waals surface area contributed by atoms with Crippen LogP contribution in [-0.2, 0) is 17.8 Å². The Hall–Kier alpha value is -3.66. The summed E-state index contributed by atoms with van der Waals surface area (Å²) in [5.74, 6) is 0.872. The SMILES string of the molecule is COc1cccc(-c2ccc(CNC(=O)CCc3ccccc3)c3cnccc23)c1. The number of methoxy groups -OCH3 is 1. The number of rotatable bonds is 7. The van der Waals surface area contributed by atoms with Crippen molar-refractivity contribution in [2.75, 3.05) is 7.11 Å². The Kier molecular flexibility index (Phi) is 6.04. The summed E-state index contributed by atoms with van der Waals surface area (Å²) in [5, 5.41) is 5.20. The van der Waals surface area contributed by atoms with Crippen LogP contribution in [0.4, 0.5) is 0 Å². The number of hydrogen-bond acceptors (Lipinski definition) is 3. The lowest BCUT2D eigenvalue weighted by atomic mass is 9.96. The predicted molar refractivity (Wildman–Crippen MR) is 120 cm³/mol. The maximum atomic E-state index is 12.3. The van der Waals surface area contributed by atoms with Gasteiger partial charge in [-0.1, -0.05) is 54.6 Å². The summed E-state index contributed by atoms with van der Waals surface area (Å²) in [6, 6.07) is 24.3. The van der Waals surface area contributed by atoms with E-state index in [4.69, 9.17) is 4.74 Å². The van der Waals surface area contributed by atoms with E-state index in [-0.39, 0.29) is 5.91 Å². The van der Waals surface area contributed by atoms with Crippen molar-refractivity contribution in [2.45, 2.75) is 19.4 Å². The number of ether oxygens (including phenoxy) is 1. The number of hydrogen-bond donors (Lipinski definition) is 1. The lowest BCUT2D eigenvalue weighted by molar-refractivity contribution is -0.121. The van der Waals surface area contributed by atoms with Gasteiger partial charge in [-0.2, -0.15) is 0 Å². The van der Waals surface area contributed by atoms with Gasteiger partial charge in [0.1, 0.15) is 5.75 Å². The number of aromatic nitrogens is 1. The van der Waals surface area contributed by atoms with Crippen molar-refractivity contribution in [3.8, 4) is 16.9 Å². The first kappa shape index (κ1) is 19.6. The first-order valence-electron chi connectivity index (χ1n) is 10.1. The molecule has 0 aliphatic heterocycles. The van der Waals surface area contributed by atoms with E-state index < -0.39 is 0 Å². The number of pyridine rings is 1. The Morgan fingerprint density at radius 2 is 1.83 bits per heavy atom. The lowest BCUT2D eigenvalue weighted by Crippen LogP contribution is -2.23. The van der Waals surface area contributed by atoms with Gasteiger partial charge in [-0.05, 0) is 52.3 Å². The molecule has 0 fully saturated rings. The van der Waals surface area contributed by atoms with Crippen molar-refractivity contribution in [3.05, 3.63) is 96.3 Å². The fraction of sp³-hybridized carbons (Fsp3) is 0.154. The first-order chi connectivity index (χ1) is 14.7. The summed E-state index contributed by atoms with van der Waals surface area (Å²) >= 11 is 0. The molecule has 4 nitrogen and oxygen atoms in total. The Bertz CT molecular complexity index is 1160. The molecule has 150 valence electrons. The highest BCUT2D eigenvalue weighted by Gasteiger charge is 2.10. The molecular weight excluding hydrogens is 372 g/mol. The zero-order valence-corrected chi connectivity index (χ0v) is 17.0. The predicted octanol–water partition coefficient (Wildman–Crippen LogP) is 5.16. The second-order valence-corrected chi connectivity index (χ2v) is 7.19. The summed E-state index contributed by atoms with van der Waals surface area (Å²) in [5.41, 5.74) is 4.43. The van der Waals surface area contributed by atoms with Crippen LogP contribution in [0.25, 0.3) is 21.9 Å². The zero-order valence-electron chi connectivity index (χ0n) is 17.0. The van der Waals surface area contributed by atoms with Crippen molar-refractivity contribution in [1.29, 1.82) is 0 Å². The van der Waals surface area contributed by atoms with Crippen LogP contribution in [0.1, 0.15) is 17.5 Å². The van der Waals surface area contributed by atoms with Gasteiger partial charge in [0.2, 0.25) is 5.91 Å². The molecule has 1 heterocycles. The minimum atomic E-state index is 0.0489. The smallest absolute Gasteiger partial charge is 0.220 e. The average Bonchev–Trinajstić information content (AvgIpc) is 2.82. The van der Waals surface area contributed by atoms with Gasteiger partial charge in [0, 0.05) is 30.7 Å². The third-order valence-corrected chi connectivity index (χ3v) is 5.25. The van der Waals surface area contributed by atoms with Crippen LogP contribution in [0.3, 0.4) is 0 Å². The van der Waals surface area contributed by atoms with Crippen molar-refractivity contribution >= 4 is 16.7 Å². The van der Waals surface area contributed by atoms with E-state index in [9.17, 15) is 4.79 Å². The van der Waals surface area contributed by atoms with Crippen LogP contribution < -0.4 is 10.1 Å². The molecule has 30 heavy (non-hydrogen) atoms. The summed E-state index contributed by atoms with van der Waals surface area (Å²) in [7, 11) is 1.67. The molecule has 4 rings (SSSR count). The maximum Gasteiger partial charge on any atom is 0.220 e. The number of aryl methyl sites for hydroxylation is 1. The molecule has 0 aliphatic rings. The normalized spacial score (nSPS) is 10.7. The van der Waals surface area contributed by atoms with Crippen LogP contribution in [0.15, 0.2) is 85.2 Å². The molecule has 4 heteroatoms. The summed E-state index contributed by atoms with van der Waals surface area (Å²) < 4.78 is 5.37. The molecule has 0 spiro atoms. The highest BCUT2D eigenvalue weighted by molar-refractivity contribution is 5.98. The number of benzene rings is 3. The fourth-order valence-corrected chi connectivity index (χ4v) is 3.63. The fourth-order valence-electron chi connectivity index (χ4n) is 3.63. The third kappa shape index (κ3) is 4.49. The van der Waals surface area contributed by atoms with Crippen LogP contribution in [0.2, 0.25) is 0 Å². The van der Waals surface area contributed by atoms with Gasteiger partial charge in [-0.3, -0.25) is 9.78 Å². The first-order valence-corrected chi connectivity index (χ1v) is 10.1. The van der Waals surface area contributed by atoms with Gasteiger partial charge < -0.3 is 10.1 Å². The molecule has 1 amide bonds. The van der Waals surface area contributed by atoms with Gasteiger partial charge in [0.15, 0.2) is 0 Å². The van der Waals surface area contributed by atoms with E-state index in [1.54, 1.807) is 13.3 Å². The van der Waals surface area contributed by atoms with Crippen LogP contribution in [0.5, 0.6) is 5.75 Å². The molecule has 3 aromatic carbocycles. The van der Waals surface area contributed by atoms with E-state index in [0.717, 1.165) is 39.6 Å². The molecular formula is C26H24N2O2. The standard InChI is InChI=1S/C26H24N2O2/c1-30-22-9-5-8-20(16-22)23-12-11-21(25-18-27-15-14-24(23)25)17-28-26(29)13-10-19-6-3-2-4-7-19/h2-9,11-12,14-16,18H,10,13,17H2,1H3,(H,28,29). The van der Waals surface area contributed by atoms with Crippen molar-refractivity contribution < 1.29 is 9.53 Å². The Morgan fingerprint density at radius 3 is 2.67 bits per heavy atom. The largest absolute Gasteiger partial charge is 0.497 e. The number of nitrogens with zero attached hydrogens (tertiary/aromatic N) is 1. The molecule has 0 saturated carbocycles. The van der Waals surface area contributed by atoms with Gasteiger partial charge >= 0.3 is 0 Å². The van der Waals surface area contributed by atoms with Gasteiger partial charge in [0.25, 0.3) is 0 Å². The van der Waals surface area contributed by atoms with Crippen molar-refractivity contribution in [3.63, 3.8) is 0 Å². The second-order valence-electron chi connectivity index (χ2n) is 7.19. The minimum absolute atomic E-state index is 0.0489. The van der Waals surface area contributed by atoms with E-state index >= 15 is 0 Å². The number of nitrogens with one attached hydrogen (secondary N) is 1. The van der Waals surface area contributed by atoms with Crippen LogP contribution >= 0.6 is 0 Å². The number of amides is 1. The number of carbonyl (C=O) groups is 1. The van der Waals surface area contributed by atoms with E-state index in [0.29, 0.717) is 13.0 Å². The number of carbonyl (C=O) groups excluding carboxylic acids is 1. The van der Waals surface area contributed by atoms with Crippen LogP contribution in [-0.4, -0.2) is 18.0 Å². The molecule has 0 atom stereocenters. The molecule has 1 aromatic heterocycles. The average molecular weight is 396 g/mol. The Morgan fingerprint density at radius 1 is 0.967 bits per heavy atom. The Balaban J connectivity index is 1.52. The van der Waals surface area contributed by atoms with Crippen LogP contribution in [0, 0.1) is 0 Å². The van der Waals surface area contributed by atoms with E-state index in [1.807, 2.05) is 60.8 Å². The summed E-state index contributed by atoms with van der Waals surface area (Å²) in [4.78, 5) is 16.7. The van der Waals surface area contributed by atoms with E-state index in [1.165, 1.54) is 5.56 Å². The second kappa shape index (κ2) is 9.23. The molecule has 0 radical (unpaired) electrons. The highest BCUT2D eigenvalue weighted by Crippen LogP contribution is 2.32. The quantitative estimate of drug-likeness (QED) is 0.469. The van der Waals surface area contributed by atoms with Crippen molar-refractivity contribution in [1.82, 2.24) is 10.3 Å². The van der Waals surface area contributed by atoms with Crippen molar-refractivity contribution in [2.24, 2.45) is 0 Å². The highest BCUT2D eigenvalue weighted by atomic mass is 16.5. The molecule has 0 aliphatic carbocycles. The summed E-state index contributed by atoms with van der Waals surface area (Å²) in [6.07, 6.45) is 4.88. The van der Waals surface area contributed by atoms with Gasteiger partial charge in [-0.25, -0.2) is 0 Å². The minimum Gasteiger partial charge on any atom is -0.497 e. The van der Waals surface area contributed by atoms with E-state index in [2.05, 4.69) is 28.5 Å². The molecule has 0 unspecified atom stereocenters.